The summed E-state index contributed by atoms with van der Waals surface area (Å²) in [6.07, 6.45) is 0. The Labute approximate surface area is 147 Å². The molecule has 2 aromatic rings. The zero-order valence-electron chi connectivity index (χ0n) is 14.0. The van der Waals surface area contributed by atoms with E-state index in [2.05, 4.69) is 19.2 Å². The summed E-state index contributed by atoms with van der Waals surface area (Å²) in [5, 5.41) is 3.17. The molecule has 4 nitrogen and oxygen atoms in total. The Balaban J connectivity index is 1.98. The highest BCUT2D eigenvalue weighted by Gasteiger charge is 2.15. The molecule has 2 aromatic carbocycles. The van der Waals surface area contributed by atoms with Crippen molar-refractivity contribution in [2.75, 3.05) is 18.9 Å². The fraction of sp³-hybridized carbons (Fsp3) is 0.263. The van der Waals surface area contributed by atoms with E-state index in [4.69, 9.17) is 11.6 Å². The zero-order valence-corrected chi connectivity index (χ0v) is 14.8. The van der Waals surface area contributed by atoms with Gasteiger partial charge in [-0.25, -0.2) is 0 Å². The molecule has 0 radical (unpaired) electrons. The quantitative estimate of drug-likeness (QED) is 0.884. The van der Waals surface area contributed by atoms with Gasteiger partial charge in [-0.3, -0.25) is 9.59 Å². The first-order valence-electron chi connectivity index (χ1n) is 7.78. The lowest BCUT2D eigenvalue weighted by Crippen LogP contribution is -2.35. The van der Waals surface area contributed by atoms with Crippen LogP contribution >= 0.6 is 11.6 Å². The van der Waals surface area contributed by atoms with Gasteiger partial charge in [0.1, 0.15) is 0 Å². The Morgan fingerprint density at radius 3 is 2.29 bits per heavy atom. The second kappa shape index (κ2) is 7.97. The second-order valence-electron chi connectivity index (χ2n) is 5.97. The molecule has 0 heterocycles. The molecular weight excluding hydrogens is 324 g/mol. The van der Waals surface area contributed by atoms with Crippen LogP contribution in [0.1, 0.15) is 35.7 Å². The van der Waals surface area contributed by atoms with Crippen LogP contribution in [0.25, 0.3) is 0 Å². The first-order valence-corrected chi connectivity index (χ1v) is 8.16. The molecule has 0 aliphatic carbocycles. The van der Waals surface area contributed by atoms with Crippen LogP contribution in [-0.2, 0) is 4.79 Å². The van der Waals surface area contributed by atoms with E-state index < -0.39 is 0 Å². The molecule has 0 spiro atoms. The average Bonchev–Trinajstić information content (AvgIpc) is 2.56. The van der Waals surface area contributed by atoms with Crippen molar-refractivity contribution in [1.29, 1.82) is 0 Å². The Morgan fingerprint density at radius 2 is 1.71 bits per heavy atom. The van der Waals surface area contributed by atoms with E-state index in [-0.39, 0.29) is 18.4 Å². The molecular formula is C19H21ClN2O2. The number of anilines is 1. The smallest absolute Gasteiger partial charge is 0.254 e. The molecule has 1 N–H and O–H groups in total. The molecule has 2 rings (SSSR count). The first-order chi connectivity index (χ1) is 11.4. The van der Waals surface area contributed by atoms with Crippen LogP contribution in [0, 0.1) is 0 Å². The molecule has 0 saturated carbocycles. The molecule has 0 saturated heterocycles. The van der Waals surface area contributed by atoms with Gasteiger partial charge in [-0.2, -0.15) is 0 Å². The second-order valence-corrected chi connectivity index (χ2v) is 6.37. The maximum absolute atomic E-state index is 12.4. The van der Waals surface area contributed by atoms with Crippen LogP contribution in [0.4, 0.5) is 5.69 Å². The van der Waals surface area contributed by atoms with E-state index in [0.717, 1.165) is 0 Å². The van der Waals surface area contributed by atoms with E-state index in [9.17, 15) is 9.59 Å². The van der Waals surface area contributed by atoms with Crippen molar-refractivity contribution in [1.82, 2.24) is 4.90 Å². The number of nitrogens with one attached hydrogen (secondary N) is 1. The van der Waals surface area contributed by atoms with Crippen molar-refractivity contribution in [3.8, 4) is 0 Å². The number of likely N-dealkylation sites (N-methyl/N-ethyl adjacent to an activating group) is 1. The highest BCUT2D eigenvalue weighted by molar-refractivity contribution is 6.33. The van der Waals surface area contributed by atoms with Gasteiger partial charge in [0.2, 0.25) is 5.91 Å². The molecule has 5 heteroatoms. The summed E-state index contributed by atoms with van der Waals surface area (Å²) in [4.78, 5) is 25.9. The third kappa shape index (κ3) is 4.59. The molecule has 0 unspecified atom stereocenters. The SMILES string of the molecule is CC(C)c1ccc(C(=O)N(C)CC(=O)Nc2ccccc2Cl)cc1. The lowest BCUT2D eigenvalue weighted by atomic mass is 10.0. The van der Waals surface area contributed by atoms with Crippen LogP contribution in [0.3, 0.4) is 0 Å². The lowest BCUT2D eigenvalue weighted by molar-refractivity contribution is -0.116. The minimum absolute atomic E-state index is 0.0456. The number of hydrogen-bond acceptors (Lipinski definition) is 2. The Morgan fingerprint density at radius 1 is 1.08 bits per heavy atom. The van der Waals surface area contributed by atoms with Gasteiger partial charge in [-0.05, 0) is 35.7 Å². The molecule has 0 aliphatic rings. The molecule has 0 atom stereocenters. The average molecular weight is 345 g/mol. The van der Waals surface area contributed by atoms with Gasteiger partial charge in [0, 0.05) is 12.6 Å². The third-order valence-electron chi connectivity index (χ3n) is 3.70. The van der Waals surface area contributed by atoms with Gasteiger partial charge in [0.05, 0.1) is 17.3 Å². The van der Waals surface area contributed by atoms with Crippen molar-refractivity contribution in [2.45, 2.75) is 19.8 Å². The number of hydrogen-bond donors (Lipinski definition) is 1. The summed E-state index contributed by atoms with van der Waals surface area (Å²) in [5.41, 5.74) is 2.27. The number of amides is 2. The van der Waals surface area contributed by atoms with E-state index in [1.165, 1.54) is 10.5 Å². The molecule has 24 heavy (non-hydrogen) atoms. The predicted molar refractivity (Wildman–Crippen MR) is 97.6 cm³/mol. The van der Waals surface area contributed by atoms with Crippen LogP contribution < -0.4 is 5.32 Å². The minimum atomic E-state index is -0.294. The van der Waals surface area contributed by atoms with Gasteiger partial charge in [-0.1, -0.05) is 49.7 Å². The Bertz CT molecular complexity index is 726. The Kier molecular flexibility index (Phi) is 5.99. The standard InChI is InChI=1S/C19H21ClN2O2/c1-13(2)14-8-10-15(11-9-14)19(24)22(3)12-18(23)21-17-7-5-4-6-16(17)20/h4-11,13H,12H2,1-3H3,(H,21,23). The maximum atomic E-state index is 12.4. The first kappa shape index (κ1) is 18.0. The summed E-state index contributed by atoms with van der Waals surface area (Å²) in [5.74, 6) is -0.0781. The van der Waals surface area contributed by atoms with E-state index >= 15 is 0 Å². The highest BCUT2D eigenvalue weighted by atomic mass is 35.5. The van der Waals surface area contributed by atoms with E-state index in [0.29, 0.717) is 22.2 Å². The number of para-hydroxylation sites is 1. The summed E-state index contributed by atoms with van der Waals surface area (Å²) in [6, 6.07) is 14.4. The molecule has 0 bridgehead atoms. The van der Waals surface area contributed by atoms with E-state index in [1.807, 2.05) is 12.1 Å². The number of nitrogens with zero attached hydrogens (tertiary/aromatic N) is 1. The van der Waals surface area contributed by atoms with Crippen LogP contribution in [0.15, 0.2) is 48.5 Å². The van der Waals surface area contributed by atoms with Crippen LogP contribution in [0.5, 0.6) is 0 Å². The highest BCUT2D eigenvalue weighted by Crippen LogP contribution is 2.20. The number of halogens is 1. The monoisotopic (exact) mass is 344 g/mol. The van der Waals surface area contributed by atoms with Gasteiger partial charge in [0.25, 0.3) is 5.91 Å². The largest absolute Gasteiger partial charge is 0.332 e. The van der Waals surface area contributed by atoms with Crippen LogP contribution in [-0.4, -0.2) is 30.3 Å². The van der Waals surface area contributed by atoms with Crippen molar-refractivity contribution >= 4 is 29.1 Å². The Hall–Kier alpha value is -2.33. The van der Waals surface area contributed by atoms with Gasteiger partial charge in [0.15, 0.2) is 0 Å². The molecule has 0 aliphatic heterocycles. The zero-order chi connectivity index (χ0) is 17.7. The maximum Gasteiger partial charge on any atom is 0.254 e. The summed E-state index contributed by atoms with van der Waals surface area (Å²) < 4.78 is 0. The van der Waals surface area contributed by atoms with Crippen molar-refractivity contribution in [3.63, 3.8) is 0 Å². The van der Waals surface area contributed by atoms with Crippen molar-refractivity contribution in [3.05, 3.63) is 64.7 Å². The molecule has 2 amide bonds. The molecule has 0 fully saturated rings. The normalized spacial score (nSPS) is 10.5. The summed E-state index contributed by atoms with van der Waals surface area (Å²) in [6.45, 7) is 4.15. The van der Waals surface area contributed by atoms with E-state index in [1.54, 1.807) is 43.4 Å². The number of benzene rings is 2. The molecule has 0 aromatic heterocycles. The fourth-order valence-corrected chi connectivity index (χ4v) is 2.45. The number of carbonyl (C=O) groups is 2. The van der Waals surface area contributed by atoms with Gasteiger partial charge >= 0.3 is 0 Å². The fourth-order valence-electron chi connectivity index (χ4n) is 2.27. The number of carbonyl (C=O) groups excluding carboxylic acids is 2. The van der Waals surface area contributed by atoms with Crippen molar-refractivity contribution in [2.24, 2.45) is 0 Å². The number of rotatable bonds is 5. The van der Waals surface area contributed by atoms with Crippen molar-refractivity contribution < 1.29 is 9.59 Å². The molecule has 126 valence electrons. The summed E-state index contributed by atoms with van der Waals surface area (Å²) in [7, 11) is 1.60. The van der Waals surface area contributed by atoms with Gasteiger partial charge < -0.3 is 10.2 Å². The summed E-state index contributed by atoms with van der Waals surface area (Å²) >= 11 is 6.01. The minimum Gasteiger partial charge on any atom is -0.332 e. The van der Waals surface area contributed by atoms with Crippen LogP contribution in [0.2, 0.25) is 5.02 Å². The predicted octanol–water partition coefficient (Wildman–Crippen LogP) is 4.17. The lowest BCUT2D eigenvalue weighted by Gasteiger charge is -2.17. The topological polar surface area (TPSA) is 49.4 Å². The third-order valence-corrected chi connectivity index (χ3v) is 4.03. The van der Waals surface area contributed by atoms with Gasteiger partial charge in [-0.15, -0.1) is 0 Å².